The molecule has 0 fully saturated rings. The molecule has 28 heavy (non-hydrogen) atoms. The van der Waals surface area contributed by atoms with Crippen molar-refractivity contribution in [2.45, 2.75) is 6.92 Å². The smallest absolute Gasteiger partial charge is 0.308 e. The minimum Gasteiger partial charge on any atom is -0.308 e. The first-order chi connectivity index (χ1) is 13.5. The summed E-state index contributed by atoms with van der Waals surface area (Å²) in [5.74, 6) is 0.699. The average Bonchev–Trinajstić information content (AvgIpc) is 3.05. The Balaban J connectivity index is 1.54. The number of carbonyl (C=O) groups is 1. The van der Waals surface area contributed by atoms with Gasteiger partial charge in [-0.1, -0.05) is 35.3 Å². The fraction of sp³-hybridized carbons (Fsp3) is 0.0526. The number of halogens is 2. The van der Waals surface area contributed by atoms with E-state index in [1.54, 1.807) is 28.8 Å². The Kier molecular flexibility index (Phi) is 4.85. The molecule has 0 saturated heterocycles. The highest BCUT2D eigenvalue weighted by molar-refractivity contribution is 6.36. The second kappa shape index (κ2) is 7.46. The van der Waals surface area contributed by atoms with Crippen LogP contribution in [0.2, 0.25) is 10.0 Å². The summed E-state index contributed by atoms with van der Waals surface area (Å²) >= 11 is 12.0. The Morgan fingerprint density at radius 3 is 2.68 bits per heavy atom. The Bertz CT molecular complexity index is 1190. The van der Waals surface area contributed by atoms with Crippen molar-refractivity contribution in [3.8, 4) is 11.3 Å². The fourth-order valence-electron chi connectivity index (χ4n) is 2.68. The molecule has 0 bridgehead atoms. The minimum absolute atomic E-state index is 0.359. The lowest BCUT2D eigenvalue weighted by Crippen LogP contribution is -2.19. The van der Waals surface area contributed by atoms with Gasteiger partial charge in [-0.25, -0.2) is 4.79 Å². The fourth-order valence-corrected chi connectivity index (χ4v) is 3.14. The molecule has 0 aliphatic heterocycles. The number of benzene rings is 2. The summed E-state index contributed by atoms with van der Waals surface area (Å²) in [4.78, 5) is 12.3. The summed E-state index contributed by atoms with van der Waals surface area (Å²) in [6.45, 7) is 1.83. The van der Waals surface area contributed by atoms with E-state index in [9.17, 15) is 4.79 Å². The lowest BCUT2D eigenvalue weighted by atomic mass is 10.1. The molecule has 0 spiro atoms. The van der Waals surface area contributed by atoms with Gasteiger partial charge in [0.2, 0.25) is 0 Å². The number of rotatable bonds is 3. The molecule has 4 aromatic rings. The van der Waals surface area contributed by atoms with Gasteiger partial charge in [0.1, 0.15) is 0 Å². The van der Waals surface area contributed by atoms with E-state index in [0.717, 1.165) is 11.3 Å². The summed E-state index contributed by atoms with van der Waals surface area (Å²) in [6.07, 6.45) is 0. The highest BCUT2D eigenvalue weighted by Gasteiger charge is 2.09. The Morgan fingerprint density at radius 2 is 1.86 bits per heavy atom. The molecular formula is C19H14Cl2N6O. The maximum atomic E-state index is 12.3. The predicted molar refractivity (Wildman–Crippen MR) is 110 cm³/mol. The molecular weight excluding hydrogens is 399 g/mol. The molecule has 7 nitrogen and oxygen atoms in total. The third-order valence-corrected chi connectivity index (χ3v) is 4.56. The van der Waals surface area contributed by atoms with Crippen molar-refractivity contribution < 1.29 is 4.79 Å². The standard InChI is InChI=1S/C19H14Cl2N6O/c1-11-24-25-18-8-7-16(26-27(11)18)12-3-2-4-14(9-12)22-19(28)23-17-6-5-13(20)10-15(17)21/h2-10H,1H3,(H2,22,23,28). The van der Waals surface area contributed by atoms with Crippen LogP contribution in [-0.4, -0.2) is 25.8 Å². The van der Waals surface area contributed by atoms with Crippen molar-refractivity contribution >= 4 is 46.3 Å². The molecule has 0 unspecified atom stereocenters. The number of hydrogen-bond donors (Lipinski definition) is 2. The van der Waals surface area contributed by atoms with Crippen LogP contribution in [0.25, 0.3) is 16.9 Å². The summed E-state index contributed by atoms with van der Waals surface area (Å²) in [6, 6.07) is 15.5. The molecule has 0 aliphatic rings. The van der Waals surface area contributed by atoms with Crippen LogP contribution in [0.5, 0.6) is 0 Å². The van der Waals surface area contributed by atoms with Crippen molar-refractivity contribution in [2.75, 3.05) is 10.6 Å². The van der Waals surface area contributed by atoms with Crippen LogP contribution in [0, 0.1) is 6.92 Å². The molecule has 9 heteroatoms. The molecule has 0 saturated carbocycles. The zero-order chi connectivity index (χ0) is 19.7. The van der Waals surface area contributed by atoms with Gasteiger partial charge in [0, 0.05) is 16.3 Å². The van der Waals surface area contributed by atoms with Gasteiger partial charge in [0.05, 0.1) is 16.4 Å². The van der Waals surface area contributed by atoms with E-state index in [4.69, 9.17) is 23.2 Å². The number of urea groups is 1. The zero-order valence-corrected chi connectivity index (χ0v) is 16.2. The van der Waals surface area contributed by atoms with Crippen molar-refractivity contribution in [3.05, 3.63) is 70.5 Å². The Labute approximate surface area is 170 Å². The van der Waals surface area contributed by atoms with Crippen LogP contribution in [0.15, 0.2) is 54.6 Å². The van der Waals surface area contributed by atoms with E-state index >= 15 is 0 Å². The normalized spacial score (nSPS) is 10.8. The van der Waals surface area contributed by atoms with Gasteiger partial charge in [-0.2, -0.15) is 9.61 Å². The second-order valence-corrected chi connectivity index (χ2v) is 6.86. The molecule has 2 heterocycles. The first kappa shape index (κ1) is 18.2. The highest BCUT2D eigenvalue weighted by Crippen LogP contribution is 2.26. The number of aromatic nitrogens is 4. The second-order valence-electron chi connectivity index (χ2n) is 6.02. The van der Waals surface area contributed by atoms with E-state index in [1.807, 2.05) is 37.3 Å². The van der Waals surface area contributed by atoms with Crippen LogP contribution in [0.1, 0.15) is 5.82 Å². The summed E-state index contributed by atoms with van der Waals surface area (Å²) in [5.41, 5.74) is 3.34. The number of anilines is 2. The largest absolute Gasteiger partial charge is 0.323 e. The number of fused-ring (bicyclic) bond motifs is 1. The first-order valence-electron chi connectivity index (χ1n) is 8.32. The number of carbonyl (C=O) groups excluding carboxylic acids is 1. The third-order valence-electron chi connectivity index (χ3n) is 4.01. The van der Waals surface area contributed by atoms with Crippen LogP contribution < -0.4 is 10.6 Å². The SMILES string of the molecule is Cc1nnc2ccc(-c3cccc(NC(=O)Nc4ccc(Cl)cc4Cl)c3)nn12. The Morgan fingerprint density at radius 1 is 1.00 bits per heavy atom. The third kappa shape index (κ3) is 3.76. The number of amides is 2. The van der Waals surface area contributed by atoms with Crippen molar-refractivity contribution in [3.63, 3.8) is 0 Å². The molecule has 2 amide bonds. The highest BCUT2D eigenvalue weighted by atomic mass is 35.5. The number of aryl methyl sites for hydroxylation is 1. The first-order valence-corrected chi connectivity index (χ1v) is 9.08. The predicted octanol–water partition coefficient (Wildman–Crippen LogP) is 5.05. The summed E-state index contributed by atoms with van der Waals surface area (Å²) < 4.78 is 1.67. The molecule has 4 rings (SSSR count). The summed E-state index contributed by atoms with van der Waals surface area (Å²) in [5, 5.41) is 18.9. The van der Waals surface area contributed by atoms with Crippen LogP contribution >= 0.6 is 23.2 Å². The molecule has 0 radical (unpaired) electrons. The zero-order valence-electron chi connectivity index (χ0n) is 14.6. The quantitative estimate of drug-likeness (QED) is 0.492. The number of hydrogen-bond acceptors (Lipinski definition) is 4. The average molecular weight is 413 g/mol. The lowest BCUT2D eigenvalue weighted by Gasteiger charge is -2.10. The Hall–Kier alpha value is -3.16. The van der Waals surface area contributed by atoms with Crippen molar-refractivity contribution in [1.29, 1.82) is 0 Å². The van der Waals surface area contributed by atoms with E-state index in [0.29, 0.717) is 32.9 Å². The molecule has 0 atom stereocenters. The maximum Gasteiger partial charge on any atom is 0.323 e. The maximum absolute atomic E-state index is 12.3. The molecule has 0 aliphatic carbocycles. The minimum atomic E-state index is -0.417. The van der Waals surface area contributed by atoms with E-state index in [-0.39, 0.29) is 0 Å². The van der Waals surface area contributed by atoms with Gasteiger partial charge in [0.25, 0.3) is 0 Å². The monoisotopic (exact) mass is 412 g/mol. The van der Waals surface area contributed by atoms with Crippen LogP contribution in [0.3, 0.4) is 0 Å². The van der Waals surface area contributed by atoms with Gasteiger partial charge in [-0.05, 0) is 49.4 Å². The molecule has 140 valence electrons. The number of nitrogens with one attached hydrogen (secondary N) is 2. The van der Waals surface area contributed by atoms with Gasteiger partial charge in [-0.15, -0.1) is 10.2 Å². The number of nitrogens with zero attached hydrogens (tertiary/aromatic N) is 4. The van der Waals surface area contributed by atoms with E-state index < -0.39 is 6.03 Å². The molecule has 2 aromatic carbocycles. The lowest BCUT2D eigenvalue weighted by molar-refractivity contribution is 0.262. The topological polar surface area (TPSA) is 84.2 Å². The summed E-state index contributed by atoms with van der Waals surface area (Å²) in [7, 11) is 0. The van der Waals surface area contributed by atoms with Gasteiger partial charge < -0.3 is 10.6 Å². The van der Waals surface area contributed by atoms with Crippen LogP contribution in [0.4, 0.5) is 16.2 Å². The van der Waals surface area contributed by atoms with Crippen molar-refractivity contribution in [2.24, 2.45) is 0 Å². The molecule has 2 N–H and O–H groups in total. The van der Waals surface area contributed by atoms with Gasteiger partial charge >= 0.3 is 6.03 Å². The van der Waals surface area contributed by atoms with E-state index in [2.05, 4.69) is 25.9 Å². The van der Waals surface area contributed by atoms with Crippen LogP contribution in [-0.2, 0) is 0 Å². The molecule has 2 aromatic heterocycles. The van der Waals surface area contributed by atoms with Crippen molar-refractivity contribution in [1.82, 2.24) is 19.8 Å². The van der Waals surface area contributed by atoms with Gasteiger partial charge in [0.15, 0.2) is 11.5 Å². The van der Waals surface area contributed by atoms with E-state index in [1.165, 1.54) is 0 Å². The van der Waals surface area contributed by atoms with Gasteiger partial charge in [-0.3, -0.25) is 0 Å².